The van der Waals surface area contributed by atoms with Gasteiger partial charge in [0.25, 0.3) is 5.91 Å². The second-order valence-corrected chi connectivity index (χ2v) is 5.70. The Hall–Kier alpha value is -2.24. The number of aromatic nitrogens is 4. The summed E-state index contributed by atoms with van der Waals surface area (Å²) < 4.78 is 1.75. The van der Waals surface area contributed by atoms with Crippen LogP contribution in [-0.4, -0.2) is 31.7 Å². The second kappa shape index (κ2) is 7.15. The number of nitrogens with zero attached hydrogens (tertiary/aromatic N) is 4. The van der Waals surface area contributed by atoms with Crippen LogP contribution in [0.5, 0.6) is 0 Å². The number of aryl methyl sites for hydroxylation is 1. The predicted octanol–water partition coefficient (Wildman–Crippen LogP) is 2.18. The molecule has 0 saturated carbocycles. The highest BCUT2D eigenvalue weighted by molar-refractivity contribution is 5.92. The molecule has 0 aliphatic heterocycles. The van der Waals surface area contributed by atoms with Crippen LogP contribution in [0.1, 0.15) is 55.5 Å². The van der Waals surface area contributed by atoms with E-state index < -0.39 is 0 Å². The highest BCUT2D eigenvalue weighted by Gasteiger charge is 2.18. The summed E-state index contributed by atoms with van der Waals surface area (Å²) in [5, 5.41) is 7.48. The molecule has 0 fully saturated rings. The first kappa shape index (κ1) is 16.1. The third kappa shape index (κ3) is 3.90. The zero-order valence-electron chi connectivity index (χ0n) is 13.6. The van der Waals surface area contributed by atoms with Gasteiger partial charge in [0.15, 0.2) is 0 Å². The average molecular weight is 301 g/mol. The van der Waals surface area contributed by atoms with Gasteiger partial charge in [-0.25, -0.2) is 0 Å². The molecule has 2 rings (SSSR count). The quantitative estimate of drug-likeness (QED) is 0.887. The fourth-order valence-electron chi connectivity index (χ4n) is 2.24. The van der Waals surface area contributed by atoms with Crippen LogP contribution in [-0.2, 0) is 13.0 Å². The van der Waals surface area contributed by atoms with Crippen LogP contribution in [0, 0.1) is 0 Å². The normalized spacial score (nSPS) is 12.4. The molecule has 0 aliphatic rings. The van der Waals surface area contributed by atoms with Gasteiger partial charge in [0.2, 0.25) is 0 Å². The summed E-state index contributed by atoms with van der Waals surface area (Å²) in [6, 6.07) is 1.85. The molecule has 2 heterocycles. The molecule has 1 atom stereocenters. The Balaban J connectivity index is 2.05. The molecule has 0 aliphatic carbocycles. The zero-order chi connectivity index (χ0) is 16.1. The lowest BCUT2D eigenvalue weighted by atomic mass is 10.1. The van der Waals surface area contributed by atoms with Gasteiger partial charge in [-0.15, -0.1) is 0 Å². The van der Waals surface area contributed by atoms with Crippen molar-refractivity contribution in [3.8, 4) is 0 Å². The maximum atomic E-state index is 12.5. The Morgan fingerprint density at radius 3 is 2.68 bits per heavy atom. The minimum absolute atomic E-state index is 0.0214. The van der Waals surface area contributed by atoms with Gasteiger partial charge >= 0.3 is 0 Å². The van der Waals surface area contributed by atoms with Crippen LogP contribution in [0.2, 0.25) is 0 Å². The summed E-state index contributed by atoms with van der Waals surface area (Å²) in [4.78, 5) is 20.7. The van der Waals surface area contributed by atoms with Gasteiger partial charge in [-0.05, 0) is 25.8 Å². The van der Waals surface area contributed by atoms with Gasteiger partial charge in [0, 0.05) is 37.6 Å². The van der Waals surface area contributed by atoms with Crippen molar-refractivity contribution in [1.29, 1.82) is 0 Å². The maximum absolute atomic E-state index is 12.5. The molecule has 1 N–H and O–H groups in total. The van der Waals surface area contributed by atoms with Crippen molar-refractivity contribution >= 4 is 5.91 Å². The first-order valence-corrected chi connectivity index (χ1v) is 7.64. The molecule has 22 heavy (non-hydrogen) atoms. The number of carbonyl (C=O) groups is 1. The maximum Gasteiger partial charge on any atom is 0.269 e. The zero-order valence-corrected chi connectivity index (χ0v) is 13.6. The second-order valence-electron chi connectivity index (χ2n) is 5.70. The molecule has 0 radical (unpaired) electrons. The molecule has 0 spiro atoms. The van der Waals surface area contributed by atoms with E-state index in [1.807, 2.05) is 19.9 Å². The number of amides is 1. The summed E-state index contributed by atoms with van der Waals surface area (Å²) in [5.41, 5.74) is 2.41. The molecule has 118 valence electrons. The lowest BCUT2D eigenvalue weighted by Gasteiger charge is -2.13. The fourth-order valence-corrected chi connectivity index (χ4v) is 2.24. The van der Waals surface area contributed by atoms with Crippen molar-refractivity contribution in [3.63, 3.8) is 0 Å². The Bertz CT molecular complexity index is 621. The summed E-state index contributed by atoms with van der Waals surface area (Å²) in [7, 11) is 0. The van der Waals surface area contributed by atoms with Crippen LogP contribution >= 0.6 is 0 Å². The Morgan fingerprint density at radius 1 is 1.32 bits per heavy atom. The standard InChI is InChI=1S/C16H23N5O/c1-5-21-15(9-14(20-21)11(2)3)16(22)19-12(4)8-13-10-17-6-7-18-13/h6-7,9-12H,5,8H2,1-4H3,(H,19,22)/t12-/m0/s1. The van der Waals surface area contributed by atoms with Crippen LogP contribution < -0.4 is 5.32 Å². The third-order valence-corrected chi connectivity index (χ3v) is 3.43. The lowest BCUT2D eigenvalue weighted by Crippen LogP contribution is -2.35. The number of carbonyl (C=O) groups excluding carboxylic acids is 1. The molecule has 6 nitrogen and oxygen atoms in total. The van der Waals surface area contributed by atoms with E-state index in [1.165, 1.54) is 0 Å². The van der Waals surface area contributed by atoms with Gasteiger partial charge in [-0.1, -0.05) is 13.8 Å². The molecule has 2 aromatic rings. The smallest absolute Gasteiger partial charge is 0.269 e. The van der Waals surface area contributed by atoms with Crippen LogP contribution in [0.15, 0.2) is 24.7 Å². The lowest BCUT2D eigenvalue weighted by molar-refractivity contribution is 0.0929. The topological polar surface area (TPSA) is 72.7 Å². The number of hydrogen-bond acceptors (Lipinski definition) is 4. The molecule has 1 amide bonds. The van der Waals surface area contributed by atoms with Gasteiger partial charge in [0.05, 0.1) is 11.4 Å². The number of rotatable bonds is 6. The van der Waals surface area contributed by atoms with E-state index in [2.05, 4.69) is 34.2 Å². The minimum Gasteiger partial charge on any atom is -0.348 e. The van der Waals surface area contributed by atoms with E-state index in [0.29, 0.717) is 24.6 Å². The third-order valence-electron chi connectivity index (χ3n) is 3.43. The molecule has 0 saturated heterocycles. The van der Waals surface area contributed by atoms with Gasteiger partial charge in [-0.2, -0.15) is 5.10 Å². The van der Waals surface area contributed by atoms with E-state index in [1.54, 1.807) is 23.3 Å². The fraction of sp³-hybridized carbons (Fsp3) is 0.500. The first-order chi connectivity index (χ1) is 10.5. The summed E-state index contributed by atoms with van der Waals surface area (Å²) in [5.74, 6) is 0.203. The Labute approximate surface area is 131 Å². The Morgan fingerprint density at radius 2 is 2.09 bits per heavy atom. The summed E-state index contributed by atoms with van der Waals surface area (Å²) in [6.07, 6.45) is 5.66. The van der Waals surface area contributed by atoms with Gasteiger partial charge in [0.1, 0.15) is 5.69 Å². The van der Waals surface area contributed by atoms with Crippen molar-refractivity contribution in [2.75, 3.05) is 0 Å². The predicted molar refractivity (Wildman–Crippen MR) is 84.7 cm³/mol. The molecule has 0 unspecified atom stereocenters. The number of hydrogen-bond donors (Lipinski definition) is 1. The molecule has 6 heteroatoms. The SMILES string of the molecule is CCn1nc(C(C)C)cc1C(=O)N[C@@H](C)Cc1cnccn1. The molecule has 0 aromatic carbocycles. The highest BCUT2D eigenvalue weighted by atomic mass is 16.2. The van der Waals surface area contributed by atoms with Gasteiger partial charge in [-0.3, -0.25) is 19.4 Å². The Kier molecular flexibility index (Phi) is 5.25. The van der Waals surface area contributed by atoms with E-state index in [9.17, 15) is 4.79 Å². The van der Waals surface area contributed by atoms with Gasteiger partial charge < -0.3 is 5.32 Å². The van der Waals surface area contributed by atoms with E-state index in [4.69, 9.17) is 0 Å². The average Bonchev–Trinajstić information content (AvgIpc) is 2.92. The summed E-state index contributed by atoms with van der Waals surface area (Å²) in [6.45, 7) is 8.76. The largest absolute Gasteiger partial charge is 0.348 e. The molecular weight excluding hydrogens is 278 g/mol. The highest BCUT2D eigenvalue weighted by Crippen LogP contribution is 2.14. The van der Waals surface area contributed by atoms with Crippen molar-refractivity contribution in [3.05, 3.63) is 41.7 Å². The first-order valence-electron chi connectivity index (χ1n) is 7.64. The molecule has 2 aromatic heterocycles. The summed E-state index contributed by atoms with van der Waals surface area (Å²) >= 11 is 0. The van der Waals surface area contributed by atoms with E-state index in [-0.39, 0.29) is 11.9 Å². The van der Waals surface area contributed by atoms with Crippen molar-refractivity contribution in [1.82, 2.24) is 25.1 Å². The van der Waals surface area contributed by atoms with Crippen molar-refractivity contribution in [2.45, 2.75) is 52.6 Å². The van der Waals surface area contributed by atoms with Crippen molar-refractivity contribution < 1.29 is 4.79 Å². The van der Waals surface area contributed by atoms with E-state index in [0.717, 1.165) is 11.4 Å². The van der Waals surface area contributed by atoms with Crippen LogP contribution in [0.3, 0.4) is 0 Å². The van der Waals surface area contributed by atoms with E-state index >= 15 is 0 Å². The minimum atomic E-state index is -0.0994. The molecule has 0 bridgehead atoms. The van der Waals surface area contributed by atoms with Crippen LogP contribution in [0.25, 0.3) is 0 Å². The number of nitrogens with one attached hydrogen (secondary N) is 1. The van der Waals surface area contributed by atoms with Crippen molar-refractivity contribution in [2.24, 2.45) is 0 Å². The monoisotopic (exact) mass is 301 g/mol. The van der Waals surface area contributed by atoms with Crippen LogP contribution in [0.4, 0.5) is 0 Å². The molecular formula is C16H23N5O.